The van der Waals surface area contributed by atoms with Gasteiger partial charge in [0.15, 0.2) is 5.78 Å². The molecular formula is C42H52ClN5O10. The van der Waals surface area contributed by atoms with Crippen LogP contribution < -0.4 is 20.7 Å². The van der Waals surface area contributed by atoms with Crippen LogP contribution >= 0.6 is 12.4 Å². The number of aromatic amines is 1. The first-order chi connectivity index (χ1) is 27.9. The van der Waals surface area contributed by atoms with E-state index in [2.05, 4.69) is 38.0 Å². The average Bonchev–Trinajstić information content (AvgIpc) is 3.88. The number of nitrogens with zero attached hydrogens (tertiary/aromatic N) is 1. The Morgan fingerprint density at radius 2 is 1.28 bits per heavy atom. The van der Waals surface area contributed by atoms with Crippen molar-refractivity contribution in [1.82, 2.24) is 26.1 Å². The number of aliphatic hydroxyl groups excluding tert-OH is 1. The molecular weight excluding hydrogens is 770 g/mol. The summed E-state index contributed by atoms with van der Waals surface area (Å²) >= 11 is 0. The van der Waals surface area contributed by atoms with E-state index >= 15 is 0 Å². The van der Waals surface area contributed by atoms with Gasteiger partial charge in [0.25, 0.3) is 11.8 Å². The van der Waals surface area contributed by atoms with Gasteiger partial charge < -0.3 is 49.5 Å². The summed E-state index contributed by atoms with van der Waals surface area (Å²) in [6.07, 6.45) is 1.69. The second kappa shape index (κ2) is 24.8. The zero-order valence-electron chi connectivity index (χ0n) is 32.8. The van der Waals surface area contributed by atoms with Gasteiger partial charge in [-0.05, 0) is 55.8 Å². The highest BCUT2D eigenvalue weighted by atomic mass is 35.5. The van der Waals surface area contributed by atoms with Gasteiger partial charge in [-0.15, -0.1) is 18.3 Å². The summed E-state index contributed by atoms with van der Waals surface area (Å²) in [5.74, 6) is 5.53. The number of carbonyl (C=O) groups excluding carboxylic acids is 3. The number of hydrogen-bond donors (Lipinski definition) is 5. The van der Waals surface area contributed by atoms with E-state index in [0.29, 0.717) is 112 Å². The van der Waals surface area contributed by atoms with E-state index in [1.54, 1.807) is 55.6 Å². The maximum absolute atomic E-state index is 13.9. The van der Waals surface area contributed by atoms with Crippen molar-refractivity contribution >= 4 is 40.9 Å². The van der Waals surface area contributed by atoms with Crippen LogP contribution in [-0.4, -0.2) is 137 Å². The maximum atomic E-state index is 13.9. The zero-order valence-corrected chi connectivity index (χ0v) is 33.6. The Hall–Kier alpha value is -4.89. The Kier molecular flexibility index (Phi) is 19.6. The number of aliphatic hydroxyl groups is 1. The molecule has 1 aliphatic heterocycles. The summed E-state index contributed by atoms with van der Waals surface area (Å²) < 4.78 is 33.2. The molecule has 2 amide bonds. The first-order valence-corrected chi connectivity index (χ1v) is 19.0. The van der Waals surface area contributed by atoms with E-state index in [-0.39, 0.29) is 61.9 Å². The van der Waals surface area contributed by atoms with E-state index in [9.17, 15) is 14.4 Å². The Bertz CT molecular complexity index is 1980. The molecule has 5 rings (SSSR count). The van der Waals surface area contributed by atoms with Crippen LogP contribution in [0.1, 0.15) is 54.7 Å². The number of fused-ring (bicyclic) bond motifs is 1. The standard InChI is InChI=1S/C42H51N5O10.ClH/c1-3-4-30-11-12-38(57-24-23-56-22-21-55-20-19-54-18-17-53-16-15-52-14-13-48)39(29(30)2)40(49)31-5-7-32(8-6-31)41(50)45-36-27-43-28-37(36)46-42(51)33-9-10-34-26-44-47-35(34)25-33;/h5-12,25-26,36-37,43,48H,13-24,27-28H2,1-2H3,(H,44,47)(H,45,50)(H,46,51);1H/t36-,37-;/m1./s1. The van der Waals surface area contributed by atoms with Gasteiger partial charge in [0, 0.05) is 40.7 Å². The Morgan fingerprint density at radius 3 is 1.86 bits per heavy atom. The Balaban J connectivity index is 0.00000744. The molecule has 0 unspecified atom stereocenters. The fourth-order valence-corrected chi connectivity index (χ4v) is 6.10. The molecule has 16 heteroatoms. The van der Waals surface area contributed by atoms with Crippen molar-refractivity contribution < 1.29 is 47.9 Å². The average molecular weight is 822 g/mol. The monoisotopic (exact) mass is 821 g/mol. The molecule has 0 spiro atoms. The predicted molar refractivity (Wildman–Crippen MR) is 219 cm³/mol. The first-order valence-electron chi connectivity index (χ1n) is 19.0. The number of ether oxygens (including phenoxy) is 6. The Labute approximate surface area is 344 Å². The van der Waals surface area contributed by atoms with Gasteiger partial charge in [-0.3, -0.25) is 19.5 Å². The second-order valence-electron chi connectivity index (χ2n) is 13.0. The number of rotatable bonds is 24. The van der Waals surface area contributed by atoms with E-state index in [4.69, 9.17) is 33.5 Å². The highest BCUT2D eigenvalue weighted by Gasteiger charge is 2.30. The van der Waals surface area contributed by atoms with Gasteiger partial charge in [0.1, 0.15) is 12.4 Å². The number of halogens is 1. The smallest absolute Gasteiger partial charge is 0.251 e. The molecule has 1 aromatic heterocycles. The van der Waals surface area contributed by atoms with E-state index < -0.39 is 0 Å². The Morgan fingerprint density at radius 1 is 0.741 bits per heavy atom. The third-order valence-electron chi connectivity index (χ3n) is 9.08. The molecule has 58 heavy (non-hydrogen) atoms. The van der Waals surface area contributed by atoms with Crippen LogP contribution in [0.4, 0.5) is 0 Å². The lowest BCUT2D eigenvalue weighted by Gasteiger charge is -2.21. The largest absolute Gasteiger partial charge is 0.490 e. The minimum Gasteiger partial charge on any atom is -0.490 e. The van der Waals surface area contributed by atoms with Gasteiger partial charge in [-0.25, -0.2) is 0 Å². The highest BCUT2D eigenvalue weighted by Crippen LogP contribution is 2.28. The summed E-state index contributed by atoms with van der Waals surface area (Å²) in [5.41, 5.74) is 3.81. The van der Waals surface area contributed by atoms with E-state index in [0.717, 1.165) is 10.9 Å². The molecule has 1 aliphatic rings. The molecule has 15 nitrogen and oxygen atoms in total. The zero-order chi connectivity index (χ0) is 40.2. The van der Waals surface area contributed by atoms with Crippen molar-refractivity contribution in [2.24, 2.45) is 0 Å². The number of nitrogens with one attached hydrogen (secondary N) is 4. The number of carbonyl (C=O) groups is 3. The first kappa shape index (κ1) is 45.8. The molecule has 1 saturated heterocycles. The molecule has 5 N–H and O–H groups in total. The third kappa shape index (κ3) is 13.6. The minimum atomic E-state index is -0.341. The molecule has 1 fully saturated rings. The fourth-order valence-electron chi connectivity index (χ4n) is 6.10. The topological polar surface area (TPSA) is 192 Å². The number of hydrogen-bond acceptors (Lipinski definition) is 12. The van der Waals surface area contributed by atoms with Crippen LogP contribution in [0.25, 0.3) is 10.9 Å². The lowest BCUT2D eigenvalue weighted by atomic mass is 9.94. The summed E-state index contributed by atoms with van der Waals surface area (Å²) in [4.78, 5) is 40.3. The third-order valence-corrected chi connectivity index (χ3v) is 9.08. The molecule has 0 bridgehead atoms. The van der Waals surface area contributed by atoms with Crippen LogP contribution in [0.5, 0.6) is 5.75 Å². The van der Waals surface area contributed by atoms with Crippen LogP contribution in [0.15, 0.2) is 60.8 Å². The molecule has 4 aromatic rings. The van der Waals surface area contributed by atoms with Crippen molar-refractivity contribution in [2.45, 2.75) is 25.9 Å². The van der Waals surface area contributed by atoms with Crippen molar-refractivity contribution in [1.29, 1.82) is 0 Å². The summed E-state index contributed by atoms with van der Waals surface area (Å²) in [5, 5.41) is 25.7. The summed E-state index contributed by atoms with van der Waals surface area (Å²) in [6.45, 7) is 8.76. The second-order valence-corrected chi connectivity index (χ2v) is 13.0. The quantitative estimate of drug-likeness (QED) is 0.0396. The van der Waals surface area contributed by atoms with Crippen LogP contribution in [0.2, 0.25) is 0 Å². The molecule has 312 valence electrons. The summed E-state index contributed by atoms with van der Waals surface area (Å²) in [7, 11) is 0. The highest BCUT2D eigenvalue weighted by molar-refractivity contribution is 6.12. The van der Waals surface area contributed by atoms with Gasteiger partial charge in [-0.1, -0.05) is 24.1 Å². The SMILES string of the molecule is CC#Cc1ccc(OCCOCCOCCOCCOCCOCCO)c(C(=O)c2ccc(C(=O)N[C@@H]3CNC[C@H]3NC(=O)c3ccc4cn[nH]c4c3)cc2)c1C.Cl. The molecule has 0 radical (unpaired) electrons. The van der Waals surface area contributed by atoms with Crippen LogP contribution in [0.3, 0.4) is 0 Å². The lowest BCUT2D eigenvalue weighted by Crippen LogP contribution is -2.51. The molecule has 0 aliphatic carbocycles. The number of benzene rings is 3. The minimum absolute atomic E-state index is 0. The molecule has 2 heterocycles. The molecule has 3 aromatic carbocycles. The number of aromatic nitrogens is 2. The van der Waals surface area contributed by atoms with Crippen molar-refractivity contribution in [3.63, 3.8) is 0 Å². The number of amides is 2. The normalized spacial score (nSPS) is 14.7. The van der Waals surface area contributed by atoms with Gasteiger partial charge in [0.05, 0.1) is 102 Å². The van der Waals surface area contributed by atoms with Crippen molar-refractivity contribution in [2.75, 3.05) is 92.4 Å². The van der Waals surface area contributed by atoms with Gasteiger partial charge in [-0.2, -0.15) is 5.10 Å². The summed E-state index contributed by atoms with van der Waals surface area (Å²) in [6, 6.07) is 14.7. The number of H-pyrrole nitrogens is 1. The molecule has 2 atom stereocenters. The van der Waals surface area contributed by atoms with E-state index in [1.165, 1.54) is 0 Å². The predicted octanol–water partition coefficient (Wildman–Crippen LogP) is 2.85. The molecule has 0 saturated carbocycles. The lowest BCUT2D eigenvalue weighted by molar-refractivity contribution is -0.0146. The van der Waals surface area contributed by atoms with E-state index in [1.807, 2.05) is 19.1 Å². The van der Waals surface area contributed by atoms with Gasteiger partial charge >= 0.3 is 0 Å². The van der Waals surface area contributed by atoms with Crippen molar-refractivity contribution in [3.8, 4) is 17.6 Å². The van der Waals surface area contributed by atoms with Gasteiger partial charge in [0.2, 0.25) is 0 Å². The van der Waals surface area contributed by atoms with Crippen LogP contribution in [0, 0.1) is 18.8 Å². The number of ketones is 1. The van der Waals surface area contributed by atoms with Crippen LogP contribution in [-0.2, 0) is 23.7 Å². The van der Waals surface area contributed by atoms with Crippen molar-refractivity contribution in [3.05, 3.63) is 94.2 Å². The fraction of sp³-hybridized carbons (Fsp3) is 0.429. The maximum Gasteiger partial charge on any atom is 0.251 e.